The van der Waals surface area contributed by atoms with Gasteiger partial charge >= 0.3 is 0 Å². The Kier molecular flexibility index (Phi) is 10.5. The van der Waals surface area contributed by atoms with Crippen molar-refractivity contribution >= 4 is 35.0 Å². The quantitative estimate of drug-likeness (QED) is 0.306. The smallest absolute Gasteiger partial charge is 0.261 e. The van der Waals surface area contributed by atoms with E-state index < -0.39 is 6.04 Å². The van der Waals surface area contributed by atoms with Gasteiger partial charge in [-0.3, -0.25) is 9.59 Å². The van der Waals surface area contributed by atoms with Crippen molar-refractivity contribution in [1.29, 1.82) is 0 Å². The van der Waals surface area contributed by atoms with Crippen LogP contribution in [-0.2, 0) is 22.6 Å². The van der Waals surface area contributed by atoms with Crippen LogP contribution in [0.3, 0.4) is 0 Å². The number of carbonyl (C=O) groups is 2. The summed E-state index contributed by atoms with van der Waals surface area (Å²) in [4.78, 5) is 28.4. The van der Waals surface area contributed by atoms with Gasteiger partial charge in [0.05, 0.1) is 0 Å². The zero-order valence-corrected chi connectivity index (χ0v) is 21.3. The van der Waals surface area contributed by atoms with Crippen molar-refractivity contribution in [3.05, 3.63) is 100 Å². The summed E-state index contributed by atoms with van der Waals surface area (Å²) in [6.45, 7) is 2.55. The van der Waals surface area contributed by atoms with Crippen LogP contribution in [0.5, 0.6) is 5.75 Å². The van der Waals surface area contributed by atoms with Gasteiger partial charge in [0.25, 0.3) is 5.91 Å². The fourth-order valence-electron chi connectivity index (χ4n) is 3.64. The molecule has 1 atom stereocenters. The third-order valence-electron chi connectivity index (χ3n) is 5.56. The molecule has 0 heterocycles. The SMILES string of the molecule is CCCCNC(=O)C(Cc1ccccc1)N(Cc1ccc(Cl)cc1Cl)C(=O)COc1ccccc1. The molecule has 0 spiro atoms. The van der Waals surface area contributed by atoms with Gasteiger partial charge in [0.2, 0.25) is 5.91 Å². The van der Waals surface area contributed by atoms with E-state index >= 15 is 0 Å². The average Bonchev–Trinajstić information content (AvgIpc) is 2.87. The number of hydrogen-bond donors (Lipinski definition) is 1. The maximum atomic E-state index is 13.5. The van der Waals surface area contributed by atoms with Crippen LogP contribution < -0.4 is 10.1 Å². The molecule has 0 bridgehead atoms. The van der Waals surface area contributed by atoms with Crippen LogP contribution in [-0.4, -0.2) is 35.9 Å². The number of nitrogens with zero attached hydrogens (tertiary/aromatic N) is 1. The van der Waals surface area contributed by atoms with Gasteiger partial charge in [-0.25, -0.2) is 0 Å². The van der Waals surface area contributed by atoms with Crippen LogP contribution in [0, 0.1) is 0 Å². The second-order valence-corrected chi connectivity index (χ2v) is 9.05. The molecule has 2 amide bonds. The zero-order chi connectivity index (χ0) is 25.0. The lowest BCUT2D eigenvalue weighted by molar-refractivity contribution is -0.142. The summed E-state index contributed by atoms with van der Waals surface area (Å²) in [7, 11) is 0. The van der Waals surface area contributed by atoms with Crippen molar-refractivity contribution in [2.75, 3.05) is 13.2 Å². The second-order valence-electron chi connectivity index (χ2n) is 8.21. The molecule has 1 N–H and O–H groups in total. The van der Waals surface area contributed by atoms with Crippen LogP contribution in [0.1, 0.15) is 30.9 Å². The zero-order valence-electron chi connectivity index (χ0n) is 19.8. The standard InChI is InChI=1S/C28H30Cl2N2O3/c1-2-3-16-31-28(34)26(17-21-10-6-4-7-11-21)32(19-22-14-15-23(29)18-25(22)30)27(33)20-35-24-12-8-5-9-13-24/h4-15,18,26H,2-3,16-17,19-20H2,1H3,(H,31,34). The minimum absolute atomic E-state index is 0.145. The minimum Gasteiger partial charge on any atom is -0.484 e. The monoisotopic (exact) mass is 512 g/mol. The molecule has 35 heavy (non-hydrogen) atoms. The first-order valence-corrected chi connectivity index (χ1v) is 12.5. The van der Waals surface area contributed by atoms with E-state index in [0.717, 1.165) is 18.4 Å². The largest absolute Gasteiger partial charge is 0.484 e. The predicted molar refractivity (Wildman–Crippen MR) is 141 cm³/mol. The van der Waals surface area contributed by atoms with E-state index in [1.165, 1.54) is 0 Å². The maximum absolute atomic E-state index is 13.5. The number of ether oxygens (including phenoxy) is 1. The maximum Gasteiger partial charge on any atom is 0.261 e. The topological polar surface area (TPSA) is 58.6 Å². The number of amides is 2. The lowest BCUT2D eigenvalue weighted by atomic mass is 10.0. The third kappa shape index (κ3) is 8.30. The Labute approximate surface area is 217 Å². The first-order valence-electron chi connectivity index (χ1n) is 11.7. The molecular formula is C28H30Cl2N2O3. The highest BCUT2D eigenvalue weighted by atomic mass is 35.5. The van der Waals surface area contributed by atoms with Gasteiger partial charge in [-0.2, -0.15) is 0 Å². The molecule has 3 rings (SSSR count). The van der Waals surface area contributed by atoms with Crippen LogP contribution in [0.15, 0.2) is 78.9 Å². The first kappa shape index (κ1) is 26.6. The van der Waals surface area contributed by atoms with Crippen molar-refractivity contribution in [3.63, 3.8) is 0 Å². The first-order chi connectivity index (χ1) is 17.0. The van der Waals surface area contributed by atoms with E-state index in [-0.39, 0.29) is 25.0 Å². The lowest BCUT2D eigenvalue weighted by Gasteiger charge is -2.31. The van der Waals surface area contributed by atoms with E-state index in [1.54, 1.807) is 35.2 Å². The molecule has 3 aromatic carbocycles. The molecule has 0 aliphatic heterocycles. The third-order valence-corrected chi connectivity index (χ3v) is 6.15. The molecule has 7 heteroatoms. The van der Waals surface area contributed by atoms with Crippen LogP contribution in [0.4, 0.5) is 0 Å². The van der Waals surface area contributed by atoms with Crippen LogP contribution in [0.2, 0.25) is 10.0 Å². The van der Waals surface area contributed by atoms with E-state index in [1.807, 2.05) is 48.5 Å². The Balaban J connectivity index is 1.91. The van der Waals surface area contributed by atoms with Gasteiger partial charge in [-0.05, 0) is 41.8 Å². The Bertz CT molecular complexity index is 1090. The van der Waals surface area contributed by atoms with Gasteiger partial charge in [0.15, 0.2) is 6.61 Å². The van der Waals surface area contributed by atoms with E-state index in [9.17, 15) is 9.59 Å². The van der Waals surface area contributed by atoms with Crippen LogP contribution >= 0.6 is 23.2 Å². The number of rotatable bonds is 12. The van der Waals surface area contributed by atoms with Gasteiger partial charge in [0, 0.05) is 29.6 Å². The van der Waals surface area contributed by atoms with Crippen molar-refractivity contribution in [2.45, 2.75) is 38.8 Å². The van der Waals surface area contributed by atoms with Crippen molar-refractivity contribution in [1.82, 2.24) is 10.2 Å². The number of benzene rings is 3. The summed E-state index contributed by atoms with van der Waals surface area (Å²) < 4.78 is 5.74. The summed E-state index contributed by atoms with van der Waals surface area (Å²) in [5, 5.41) is 3.93. The molecular weight excluding hydrogens is 483 g/mol. The highest BCUT2D eigenvalue weighted by molar-refractivity contribution is 6.35. The molecule has 3 aromatic rings. The molecule has 5 nitrogen and oxygen atoms in total. The Morgan fingerprint density at radius 1 is 0.971 bits per heavy atom. The summed E-state index contributed by atoms with van der Waals surface area (Å²) in [5.41, 5.74) is 1.65. The van der Waals surface area contributed by atoms with Gasteiger partial charge in [0.1, 0.15) is 11.8 Å². The fourth-order valence-corrected chi connectivity index (χ4v) is 4.11. The molecule has 0 saturated heterocycles. The Morgan fingerprint density at radius 3 is 2.31 bits per heavy atom. The second kappa shape index (κ2) is 13.8. The molecule has 184 valence electrons. The molecule has 0 aromatic heterocycles. The Hall–Kier alpha value is -3.02. The normalized spacial score (nSPS) is 11.5. The highest BCUT2D eigenvalue weighted by Crippen LogP contribution is 2.24. The Morgan fingerprint density at radius 2 is 1.66 bits per heavy atom. The fraction of sp³-hybridized carbons (Fsp3) is 0.286. The number of hydrogen-bond acceptors (Lipinski definition) is 3. The molecule has 1 unspecified atom stereocenters. The summed E-state index contributed by atoms with van der Waals surface area (Å²) in [6.07, 6.45) is 2.18. The highest BCUT2D eigenvalue weighted by Gasteiger charge is 2.31. The summed E-state index contributed by atoms with van der Waals surface area (Å²) >= 11 is 12.5. The van der Waals surface area contributed by atoms with Gasteiger partial charge < -0.3 is 15.0 Å². The lowest BCUT2D eigenvalue weighted by Crippen LogP contribution is -2.51. The van der Waals surface area contributed by atoms with Gasteiger partial charge in [-0.15, -0.1) is 0 Å². The average molecular weight is 513 g/mol. The number of para-hydroxylation sites is 1. The predicted octanol–water partition coefficient (Wildman–Crippen LogP) is 5.93. The van der Waals surface area contributed by atoms with Crippen molar-refractivity contribution < 1.29 is 14.3 Å². The summed E-state index contributed by atoms with van der Waals surface area (Å²) in [5.74, 6) is 0.0595. The molecule has 0 radical (unpaired) electrons. The van der Waals surface area contributed by atoms with Crippen molar-refractivity contribution in [2.24, 2.45) is 0 Å². The number of carbonyl (C=O) groups excluding carboxylic acids is 2. The van der Waals surface area contributed by atoms with E-state index in [4.69, 9.17) is 27.9 Å². The molecule has 0 fully saturated rings. The molecule has 0 aliphatic rings. The summed E-state index contributed by atoms with van der Waals surface area (Å²) in [6, 6.07) is 23.2. The minimum atomic E-state index is -0.743. The molecule has 0 saturated carbocycles. The van der Waals surface area contributed by atoms with Crippen molar-refractivity contribution in [3.8, 4) is 5.75 Å². The van der Waals surface area contributed by atoms with Crippen LogP contribution in [0.25, 0.3) is 0 Å². The van der Waals surface area contributed by atoms with E-state index in [2.05, 4.69) is 12.2 Å². The van der Waals surface area contributed by atoms with E-state index in [0.29, 0.717) is 34.3 Å². The number of halogens is 2. The number of unbranched alkanes of at least 4 members (excludes halogenated alkanes) is 1. The van der Waals surface area contributed by atoms with Gasteiger partial charge in [-0.1, -0.05) is 91.1 Å². The molecule has 0 aliphatic carbocycles. The number of nitrogens with one attached hydrogen (secondary N) is 1.